The Morgan fingerprint density at radius 1 is 1.64 bits per heavy atom. The summed E-state index contributed by atoms with van der Waals surface area (Å²) < 4.78 is 0. The average molecular weight is 194 g/mol. The largest absolute Gasteiger partial charge is 0.332 e. The summed E-state index contributed by atoms with van der Waals surface area (Å²) in [6.07, 6.45) is 9.52. The molecule has 0 aromatic carbocycles. The van der Waals surface area contributed by atoms with Crippen LogP contribution in [0, 0.1) is 18.3 Å². The summed E-state index contributed by atoms with van der Waals surface area (Å²) in [6.45, 7) is 2.38. The van der Waals surface area contributed by atoms with Gasteiger partial charge < -0.3 is 10.6 Å². The number of rotatable bonds is 3. The van der Waals surface area contributed by atoms with Gasteiger partial charge in [0.2, 0.25) is 0 Å². The van der Waals surface area contributed by atoms with E-state index in [1.807, 2.05) is 0 Å². The summed E-state index contributed by atoms with van der Waals surface area (Å²) in [5, 5.41) is 0. The maximum atomic E-state index is 11.3. The monoisotopic (exact) mass is 194 g/mol. The second-order valence-corrected chi connectivity index (χ2v) is 3.83. The lowest BCUT2D eigenvalue weighted by atomic mass is 9.93. The number of carbonyl (C=O) groups is 1. The first-order chi connectivity index (χ1) is 6.77. The molecule has 1 amide bonds. The van der Waals surface area contributed by atoms with Crippen molar-refractivity contribution in [2.75, 3.05) is 19.6 Å². The topological polar surface area (TPSA) is 46.3 Å². The van der Waals surface area contributed by atoms with E-state index >= 15 is 0 Å². The number of carbonyl (C=O) groups excluding carboxylic acids is 1. The van der Waals surface area contributed by atoms with Gasteiger partial charge in [0.25, 0.3) is 5.91 Å². The zero-order valence-corrected chi connectivity index (χ0v) is 8.54. The SMILES string of the molecule is C#CC(=O)N1CCCC(CCCN)C1. The zero-order valence-electron chi connectivity index (χ0n) is 8.54. The second kappa shape index (κ2) is 5.66. The van der Waals surface area contributed by atoms with E-state index in [1.54, 1.807) is 4.90 Å². The Balaban J connectivity index is 2.36. The van der Waals surface area contributed by atoms with Crippen LogP contribution >= 0.6 is 0 Å². The van der Waals surface area contributed by atoms with Crippen LogP contribution in [0.1, 0.15) is 25.7 Å². The molecule has 1 rings (SSSR count). The first-order valence-corrected chi connectivity index (χ1v) is 5.23. The van der Waals surface area contributed by atoms with Gasteiger partial charge in [-0.25, -0.2) is 0 Å². The highest BCUT2D eigenvalue weighted by Crippen LogP contribution is 2.20. The van der Waals surface area contributed by atoms with Crippen molar-refractivity contribution in [2.45, 2.75) is 25.7 Å². The molecule has 78 valence electrons. The molecule has 1 aliphatic rings. The molecule has 1 aliphatic heterocycles. The standard InChI is InChI=1S/C11H18N2O/c1-2-11(14)13-8-4-6-10(9-13)5-3-7-12/h1,10H,3-9,12H2. The maximum absolute atomic E-state index is 11.3. The molecule has 0 spiro atoms. The molecular formula is C11H18N2O. The third-order valence-corrected chi connectivity index (χ3v) is 2.75. The summed E-state index contributed by atoms with van der Waals surface area (Å²) >= 11 is 0. The van der Waals surface area contributed by atoms with Gasteiger partial charge in [-0.2, -0.15) is 0 Å². The van der Waals surface area contributed by atoms with Crippen LogP contribution in [0.3, 0.4) is 0 Å². The van der Waals surface area contributed by atoms with E-state index in [0.717, 1.165) is 38.9 Å². The number of nitrogens with zero attached hydrogens (tertiary/aromatic N) is 1. The van der Waals surface area contributed by atoms with Gasteiger partial charge in [0.1, 0.15) is 0 Å². The minimum Gasteiger partial charge on any atom is -0.332 e. The Bertz CT molecular complexity index is 232. The van der Waals surface area contributed by atoms with E-state index in [-0.39, 0.29) is 5.91 Å². The van der Waals surface area contributed by atoms with Crippen molar-refractivity contribution in [3.63, 3.8) is 0 Å². The molecule has 1 atom stereocenters. The number of hydrogen-bond donors (Lipinski definition) is 1. The van der Waals surface area contributed by atoms with Crippen LogP contribution in [0.4, 0.5) is 0 Å². The van der Waals surface area contributed by atoms with Gasteiger partial charge in [0.05, 0.1) is 0 Å². The van der Waals surface area contributed by atoms with Crippen LogP contribution in [-0.4, -0.2) is 30.4 Å². The van der Waals surface area contributed by atoms with Gasteiger partial charge in [-0.1, -0.05) is 0 Å². The van der Waals surface area contributed by atoms with Crippen molar-refractivity contribution in [1.29, 1.82) is 0 Å². The highest BCUT2D eigenvalue weighted by atomic mass is 16.2. The number of terminal acetylenes is 1. The van der Waals surface area contributed by atoms with Crippen molar-refractivity contribution in [1.82, 2.24) is 4.90 Å². The number of likely N-dealkylation sites (tertiary alicyclic amines) is 1. The Kier molecular flexibility index (Phi) is 4.48. The van der Waals surface area contributed by atoms with Crippen molar-refractivity contribution < 1.29 is 4.79 Å². The number of amides is 1. The van der Waals surface area contributed by atoms with E-state index in [9.17, 15) is 4.79 Å². The number of nitrogens with two attached hydrogens (primary N) is 1. The lowest BCUT2D eigenvalue weighted by molar-refractivity contribution is -0.126. The number of hydrogen-bond acceptors (Lipinski definition) is 2. The van der Waals surface area contributed by atoms with E-state index in [1.165, 1.54) is 6.42 Å². The molecule has 3 heteroatoms. The summed E-state index contributed by atoms with van der Waals surface area (Å²) in [5.74, 6) is 2.61. The van der Waals surface area contributed by atoms with Gasteiger partial charge in [-0.15, -0.1) is 6.42 Å². The normalized spacial score (nSPS) is 21.7. The Labute approximate surface area is 85.6 Å². The van der Waals surface area contributed by atoms with Crippen molar-refractivity contribution in [3.8, 4) is 12.3 Å². The molecule has 2 N–H and O–H groups in total. The smallest absolute Gasteiger partial charge is 0.298 e. The highest BCUT2D eigenvalue weighted by Gasteiger charge is 2.21. The summed E-state index contributed by atoms with van der Waals surface area (Å²) in [5.41, 5.74) is 5.45. The first-order valence-electron chi connectivity index (χ1n) is 5.23. The molecule has 1 heterocycles. The quantitative estimate of drug-likeness (QED) is 0.669. The summed E-state index contributed by atoms with van der Waals surface area (Å²) in [6, 6.07) is 0. The summed E-state index contributed by atoms with van der Waals surface area (Å²) in [4.78, 5) is 13.0. The molecule has 0 aromatic heterocycles. The molecular weight excluding hydrogens is 176 g/mol. The molecule has 14 heavy (non-hydrogen) atoms. The van der Waals surface area contributed by atoms with Crippen LogP contribution in [0.5, 0.6) is 0 Å². The van der Waals surface area contributed by atoms with Crippen LogP contribution in [0.25, 0.3) is 0 Å². The van der Waals surface area contributed by atoms with Crippen molar-refractivity contribution in [2.24, 2.45) is 11.7 Å². The molecule has 0 saturated carbocycles. The first kappa shape index (κ1) is 11.1. The summed E-state index contributed by atoms with van der Waals surface area (Å²) in [7, 11) is 0. The molecule has 0 aromatic rings. The third kappa shape index (κ3) is 3.04. The fourth-order valence-electron chi connectivity index (χ4n) is 1.98. The van der Waals surface area contributed by atoms with Gasteiger partial charge in [0, 0.05) is 13.1 Å². The van der Waals surface area contributed by atoms with Crippen molar-refractivity contribution in [3.05, 3.63) is 0 Å². The second-order valence-electron chi connectivity index (χ2n) is 3.83. The van der Waals surface area contributed by atoms with Gasteiger partial charge >= 0.3 is 0 Å². The lowest BCUT2D eigenvalue weighted by Gasteiger charge is -2.31. The molecule has 1 fully saturated rings. The van der Waals surface area contributed by atoms with E-state index in [2.05, 4.69) is 5.92 Å². The molecule has 3 nitrogen and oxygen atoms in total. The predicted molar refractivity (Wildman–Crippen MR) is 56.4 cm³/mol. The van der Waals surface area contributed by atoms with Crippen LogP contribution < -0.4 is 5.73 Å². The Morgan fingerprint density at radius 3 is 3.07 bits per heavy atom. The fraction of sp³-hybridized carbons (Fsp3) is 0.727. The Hall–Kier alpha value is -1.01. The van der Waals surface area contributed by atoms with Crippen molar-refractivity contribution >= 4 is 5.91 Å². The lowest BCUT2D eigenvalue weighted by Crippen LogP contribution is -2.39. The van der Waals surface area contributed by atoms with Gasteiger partial charge in [0.15, 0.2) is 0 Å². The predicted octanol–water partition coefficient (Wildman–Crippen LogP) is 0.597. The van der Waals surface area contributed by atoms with Crippen LogP contribution in [-0.2, 0) is 4.79 Å². The van der Waals surface area contributed by atoms with Crippen LogP contribution in [0.2, 0.25) is 0 Å². The average Bonchev–Trinajstić information content (AvgIpc) is 2.25. The molecule has 1 saturated heterocycles. The molecule has 0 radical (unpaired) electrons. The van der Waals surface area contributed by atoms with E-state index in [0.29, 0.717) is 5.92 Å². The van der Waals surface area contributed by atoms with Gasteiger partial charge in [-0.05, 0) is 44.1 Å². The molecule has 0 bridgehead atoms. The van der Waals surface area contributed by atoms with E-state index < -0.39 is 0 Å². The minimum absolute atomic E-state index is 0.164. The molecule has 0 aliphatic carbocycles. The maximum Gasteiger partial charge on any atom is 0.298 e. The molecule has 1 unspecified atom stereocenters. The zero-order chi connectivity index (χ0) is 10.4. The van der Waals surface area contributed by atoms with E-state index in [4.69, 9.17) is 12.2 Å². The third-order valence-electron chi connectivity index (χ3n) is 2.75. The number of piperidine rings is 1. The highest BCUT2D eigenvalue weighted by molar-refractivity contribution is 5.92. The van der Waals surface area contributed by atoms with Gasteiger partial charge in [-0.3, -0.25) is 4.79 Å². The van der Waals surface area contributed by atoms with Crippen LogP contribution in [0.15, 0.2) is 0 Å². The fourth-order valence-corrected chi connectivity index (χ4v) is 1.98. The minimum atomic E-state index is -0.164. The Morgan fingerprint density at radius 2 is 2.43 bits per heavy atom.